The van der Waals surface area contributed by atoms with Crippen LogP contribution in [-0.4, -0.2) is 37.1 Å². The molecule has 2 aromatic heterocycles. The Morgan fingerprint density at radius 3 is 2.75 bits per heavy atom. The summed E-state index contributed by atoms with van der Waals surface area (Å²) in [5.41, 5.74) is 1.11. The van der Waals surface area contributed by atoms with Crippen LogP contribution in [0.15, 0.2) is 54.2 Å². The number of nitrogens with zero attached hydrogens (tertiary/aromatic N) is 5. The van der Waals surface area contributed by atoms with Gasteiger partial charge in [0.2, 0.25) is 5.91 Å². The predicted octanol–water partition coefficient (Wildman–Crippen LogP) is 2.39. The van der Waals surface area contributed by atoms with Gasteiger partial charge < -0.3 is 4.90 Å². The largest absolute Gasteiger partial charge is 0.334 e. The lowest BCUT2D eigenvalue weighted by atomic mass is 10.1. The minimum atomic E-state index is 0.00945. The van der Waals surface area contributed by atoms with Crippen molar-refractivity contribution in [1.29, 1.82) is 0 Å². The second kappa shape index (κ2) is 7.83. The summed E-state index contributed by atoms with van der Waals surface area (Å²) in [7, 11) is 0. The normalized spacial score (nSPS) is 12.0. The zero-order valence-corrected chi connectivity index (χ0v) is 14.3. The maximum Gasteiger partial charge on any atom is 0.244 e. The van der Waals surface area contributed by atoms with Gasteiger partial charge in [0.1, 0.15) is 12.9 Å². The van der Waals surface area contributed by atoms with Crippen molar-refractivity contribution >= 4 is 17.2 Å². The Balaban J connectivity index is 1.75. The summed E-state index contributed by atoms with van der Waals surface area (Å²) in [5, 5.41) is 13.0. The summed E-state index contributed by atoms with van der Waals surface area (Å²) in [6, 6.07) is 14.3. The number of aromatic nitrogens is 4. The second-order valence-electron chi connectivity index (χ2n) is 5.65. The maximum absolute atomic E-state index is 12.8. The van der Waals surface area contributed by atoms with Crippen LogP contribution < -0.4 is 0 Å². The topological polar surface area (TPSA) is 63.9 Å². The highest BCUT2D eigenvalue weighted by Crippen LogP contribution is 2.17. The lowest BCUT2D eigenvalue weighted by Crippen LogP contribution is -2.41. The highest BCUT2D eigenvalue weighted by Gasteiger charge is 2.21. The third-order valence-corrected chi connectivity index (χ3v) is 4.71. The van der Waals surface area contributed by atoms with E-state index >= 15 is 0 Å². The van der Waals surface area contributed by atoms with Crippen LogP contribution in [0.5, 0.6) is 0 Å². The van der Waals surface area contributed by atoms with Crippen LogP contribution >= 0.6 is 11.3 Å². The molecule has 0 unspecified atom stereocenters. The van der Waals surface area contributed by atoms with Gasteiger partial charge in [-0.1, -0.05) is 36.4 Å². The zero-order chi connectivity index (χ0) is 16.8. The number of carbonyl (C=O) groups is 1. The Morgan fingerprint density at radius 2 is 2.08 bits per heavy atom. The van der Waals surface area contributed by atoms with Crippen molar-refractivity contribution < 1.29 is 4.79 Å². The average molecular weight is 341 g/mol. The monoisotopic (exact) mass is 341 g/mol. The molecule has 1 aromatic carbocycles. The van der Waals surface area contributed by atoms with Gasteiger partial charge in [-0.15, -0.1) is 16.4 Å². The van der Waals surface area contributed by atoms with Gasteiger partial charge in [0, 0.05) is 23.9 Å². The Bertz CT molecular complexity index is 743. The molecule has 2 heterocycles. The van der Waals surface area contributed by atoms with Gasteiger partial charge in [-0.2, -0.15) is 0 Å². The first kappa shape index (κ1) is 16.3. The first-order valence-electron chi connectivity index (χ1n) is 7.79. The van der Waals surface area contributed by atoms with Crippen LogP contribution in [0.25, 0.3) is 0 Å². The van der Waals surface area contributed by atoms with Gasteiger partial charge in [0.05, 0.1) is 0 Å². The van der Waals surface area contributed by atoms with Crippen molar-refractivity contribution in [1.82, 2.24) is 25.1 Å². The summed E-state index contributed by atoms with van der Waals surface area (Å²) < 4.78 is 1.46. The fraction of sp³-hybridized carbons (Fsp3) is 0.294. The summed E-state index contributed by atoms with van der Waals surface area (Å²) in [6.07, 6.45) is 2.30. The van der Waals surface area contributed by atoms with E-state index in [-0.39, 0.29) is 18.5 Å². The SMILES string of the molecule is C[C@H](Cc1cccs1)N(Cc1ccccc1)C(=O)Cn1cnnn1. The van der Waals surface area contributed by atoms with Gasteiger partial charge in [0.25, 0.3) is 0 Å². The zero-order valence-electron chi connectivity index (χ0n) is 13.4. The lowest BCUT2D eigenvalue weighted by molar-refractivity contribution is -0.134. The smallest absolute Gasteiger partial charge is 0.244 e. The Labute approximate surface area is 144 Å². The summed E-state index contributed by atoms with van der Waals surface area (Å²) in [4.78, 5) is 16.0. The Kier molecular flexibility index (Phi) is 5.32. The Morgan fingerprint density at radius 1 is 1.25 bits per heavy atom. The number of rotatable bonds is 7. The van der Waals surface area contributed by atoms with Crippen LogP contribution in [0.2, 0.25) is 0 Å². The Hall–Kier alpha value is -2.54. The summed E-state index contributed by atoms with van der Waals surface area (Å²) in [6.45, 7) is 2.81. The molecule has 7 heteroatoms. The molecule has 0 spiro atoms. The third kappa shape index (κ3) is 4.26. The number of tetrazole rings is 1. The van der Waals surface area contributed by atoms with Gasteiger partial charge >= 0.3 is 0 Å². The van der Waals surface area contributed by atoms with E-state index in [0.717, 1.165) is 12.0 Å². The molecule has 0 saturated carbocycles. The average Bonchev–Trinajstić information content (AvgIpc) is 3.27. The molecule has 6 nitrogen and oxygen atoms in total. The van der Waals surface area contributed by atoms with Gasteiger partial charge in [-0.3, -0.25) is 4.79 Å². The molecule has 0 N–H and O–H groups in total. The molecule has 0 radical (unpaired) electrons. The van der Waals surface area contributed by atoms with Crippen molar-refractivity contribution in [3.8, 4) is 0 Å². The molecule has 0 aliphatic rings. The van der Waals surface area contributed by atoms with Crippen molar-refractivity contribution in [3.05, 3.63) is 64.6 Å². The van der Waals surface area contributed by atoms with E-state index in [0.29, 0.717) is 6.54 Å². The second-order valence-corrected chi connectivity index (χ2v) is 6.68. The van der Waals surface area contributed by atoms with E-state index in [2.05, 4.69) is 33.9 Å². The van der Waals surface area contributed by atoms with Crippen molar-refractivity contribution in [3.63, 3.8) is 0 Å². The number of hydrogen-bond acceptors (Lipinski definition) is 5. The molecule has 0 aliphatic heterocycles. The molecule has 3 aromatic rings. The molecule has 3 rings (SSSR count). The molecular formula is C17H19N5OS. The van der Waals surface area contributed by atoms with Crippen LogP contribution in [0.3, 0.4) is 0 Å². The number of thiophene rings is 1. The van der Waals surface area contributed by atoms with Crippen molar-refractivity contribution in [2.24, 2.45) is 0 Å². The first-order chi connectivity index (χ1) is 11.7. The minimum absolute atomic E-state index is 0.00945. The molecule has 0 fully saturated rings. The molecule has 24 heavy (non-hydrogen) atoms. The molecule has 1 amide bonds. The van der Waals surface area contributed by atoms with Gasteiger partial charge in [-0.05, 0) is 34.4 Å². The number of hydrogen-bond donors (Lipinski definition) is 0. The fourth-order valence-corrected chi connectivity index (χ4v) is 3.41. The van der Waals surface area contributed by atoms with Crippen LogP contribution in [-0.2, 0) is 24.3 Å². The van der Waals surface area contributed by atoms with Crippen LogP contribution in [0.4, 0.5) is 0 Å². The summed E-state index contributed by atoms with van der Waals surface area (Å²) >= 11 is 1.72. The molecule has 0 aliphatic carbocycles. The number of benzene rings is 1. The quantitative estimate of drug-likeness (QED) is 0.662. The lowest BCUT2D eigenvalue weighted by Gasteiger charge is -2.29. The van der Waals surface area contributed by atoms with Gasteiger partial charge in [-0.25, -0.2) is 4.68 Å². The minimum Gasteiger partial charge on any atom is -0.334 e. The van der Waals surface area contributed by atoms with E-state index in [1.165, 1.54) is 15.9 Å². The first-order valence-corrected chi connectivity index (χ1v) is 8.67. The van der Waals surface area contributed by atoms with E-state index in [4.69, 9.17) is 0 Å². The molecule has 1 atom stereocenters. The van der Waals surface area contributed by atoms with E-state index in [9.17, 15) is 4.79 Å². The number of amides is 1. The van der Waals surface area contributed by atoms with E-state index < -0.39 is 0 Å². The predicted molar refractivity (Wildman–Crippen MR) is 92.3 cm³/mol. The van der Waals surface area contributed by atoms with Crippen LogP contribution in [0.1, 0.15) is 17.4 Å². The molecule has 0 saturated heterocycles. The molecular weight excluding hydrogens is 322 g/mol. The third-order valence-electron chi connectivity index (χ3n) is 3.81. The van der Waals surface area contributed by atoms with E-state index in [1.54, 1.807) is 11.3 Å². The maximum atomic E-state index is 12.8. The van der Waals surface area contributed by atoms with E-state index in [1.807, 2.05) is 41.3 Å². The summed E-state index contributed by atoms with van der Waals surface area (Å²) in [5.74, 6) is 0.00945. The van der Waals surface area contributed by atoms with Gasteiger partial charge in [0.15, 0.2) is 0 Å². The standard InChI is InChI=1S/C17H19N5OS/c1-14(10-16-8-5-9-24-16)22(11-15-6-3-2-4-7-15)17(23)12-21-13-18-19-20-21/h2-9,13-14H,10-12H2,1H3/t14-/m1/s1. The fourth-order valence-electron chi connectivity index (χ4n) is 2.58. The molecule has 0 bridgehead atoms. The van der Waals surface area contributed by atoms with Crippen molar-refractivity contribution in [2.75, 3.05) is 0 Å². The highest BCUT2D eigenvalue weighted by atomic mass is 32.1. The van der Waals surface area contributed by atoms with Crippen LogP contribution in [0, 0.1) is 0 Å². The number of carbonyl (C=O) groups excluding carboxylic acids is 1. The molecule has 124 valence electrons. The van der Waals surface area contributed by atoms with Crippen molar-refractivity contribution in [2.45, 2.75) is 32.5 Å². The highest BCUT2D eigenvalue weighted by molar-refractivity contribution is 7.09.